The summed E-state index contributed by atoms with van der Waals surface area (Å²) in [5.41, 5.74) is 2.42. The number of nitrogens with zero attached hydrogens (tertiary/aromatic N) is 2. The normalized spacial score (nSPS) is 13.3. The maximum absolute atomic E-state index is 4.34. The summed E-state index contributed by atoms with van der Waals surface area (Å²) in [4.78, 5) is 0. The summed E-state index contributed by atoms with van der Waals surface area (Å²) in [6, 6.07) is 6.60. The lowest BCUT2D eigenvalue weighted by Gasteiger charge is -2.15. The third-order valence-corrected chi connectivity index (χ3v) is 3.15. The quantitative estimate of drug-likeness (QED) is 0.800. The lowest BCUT2D eigenvalue weighted by molar-refractivity contribution is 0.472. The third kappa shape index (κ3) is 4.04. The minimum atomic E-state index is 0.456. The van der Waals surface area contributed by atoms with E-state index in [-0.39, 0.29) is 0 Å². The van der Waals surface area contributed by atoms with E-state index < -0.39 is 0 Å². The highest BCUT2D eigenvalue weighted by Gasteiger charge is 2.05. The molecule has 2 N–H and O–H groups in total. The molecule has 0 saturated heterocycles. The minimum Gasteiger partial charge on any atom is -0.315 e. The van der Waals surface area contributed by atoms with Crippen molar-refractivity contribution in [2.45, 2.75) is 33.4 Å². The fourth-order valence-electron chi connectivity index (χ4n) is 2.07. The molecule has 2 rings (SSSR count). The highest BCUT2D eigenvalue weighted by atomic mass is 15.2. The van der Waals surface area contributed by atoms with E-state index in [1.807, 2.05) is 29.0 Å². The molecule has 0 radical (unpaired) electrons. The number of pyridine rings is 1. The topological polar surface area (TPSA) is 41.4 Å². The Labute approximate surface area is 115 Å². The van der Waals surface area contributed by atoms with Gasteiger partial charge in [0.25, 0.3) is 0 Å². The van der Waals surface area contributed by atoms with Gasteiger partial charge in [0.2, 0.25) is 0 Å². The van der Waals surface area contributed by atoms with Crippen molar-refractivity contribution in [2.24, 2.45) is 5.92 Å². The molecule has 0 fully saturated rings. The first kappa shape index (κ1) is 14.0. The van der Waals surface area contributed by atoms with Gasteiger partial charge in [-0.3, -0.25) is 0 Å². The van der Waals surface area contributed by atoms with Crippen LogP contribution in [0.5, 0.6) is 0 Å². The SMILES string of the molecule is CC(C)CNCC(C)NCc1cnn2ccccc12. The minimum absolute atomic E-state index is 0.456. The Morgan fingerprint density at radius 1 is 1.21 bits per heavy atom. The first-order valence-electron chi connectivity index (χ1n) is 7.02. The summed E-state index contributed by atoms with van der Waals surface area (Å²) in [7, 11) is 0. The van der Waals surface area contributed by atoms with E-state index in [1.54, 1.807) is 0 Å². The molecule has 2 heterocycles. The largest absolute Gasteiger partial charge is 0.315 e. The first-order chi connectivity index (χ1) is 9.16. The molecule has 2 aromatic rings. The van der Waals surface area contributed by atoms with Gasteiger partial charge in [0.15, 0.2) is 0 Å². The summed E-state index contributed by atoms with van der Waals surface area (Å²) in [6.07, 6.45) is 3.92. The van der Waals surface area contributed by atoms with E-state index in [0.29, 0.717) is 12.0 Å². The maximum Gasteiger partial charge on any atom is 0.0706 e. The molecule has 0 aromatic carbocycles. The molecule has 0 amide bonds. The molecule has 0 bridgehead atoms. The monoisotopic (exact) mass is 260 g/mol. The molecule has 2 aromatic heterocycles. The third-order valence-electron chi connectivity index (χ3n) is 3.15. The number of fused-ring (bicyclic) bond motifs is 1. The Morgan fingerprint density at radius 3 is 2.84 bits per heavy atom. The zero-order valence-corrected chi connectivity index (χ0v) is 12.1. The van der Waals surface area contributed by atoms with Crippen LogP contribution in [0.25, 0.3) is 5.52 Å². The molecule has 0 saturated carbocycles. The number of rotatable bonds is 7. The van der Waals surface area contributed by atoms with Gasteiger partial charge in [-0.25, -0.2) is 4.52 Å². The molecule has 1 atom stereocenters. The second-order valence-corrected chi connectivity index (χ2v) is 5.53. The van der Waals surface area contributed by atoms with Gasteiger partial charge in [-0.2, -0.15) is 5.10 Å². The van der Waals surface area contributed by atoms with Gasteiger partial charge in [-0.05, 0) is 31.5 Å². The Hall–Kier alpha value is -1.39. The summed E-state index contributed by atoms with van der Waals surface area (Å²) >= 11 is 0. The fourth-order valence-corrected chi connectivity index (χ4v) is 2.07. The van der Waals surface area contributed by atoms with Crippen LogP contribution in [0.4, 0.5) is 0 Å². The van der Waals surface area contributed by atoms with E-state index >= 15 is 0 Å². The van der Waals surface area contributed by atoms with Crippen molar-refractivity contribution < 1.29 is 0 Å². The second-order valence-electron chi connectivity index (χ2n) is 5.53. The molecule has 19 heavy (non-hydrogen) atoms. The molecular formula is C15H24N4. The van der Waals surface area contributed by atoms with Crippen molar-refractivity contribution in [1.29, 1.82) is 0 Å². The fraction of sp³-hybridized carbons (Fsp3) is 0.533. The summed E-state index contributed by atoms with van der Waals surface area (Å²) in [5, 5.41) is 11.3. The number of hydrogen-bond acceptors (Lipinski definition) is 3. The van der Waals surface area contributed by atoms with E-state index in [9.17, 15) is 0 Å². The van der Waals surface area contributed by atoms with Crippen molar-refractivity contribution in [2.75, 3.05) is 13.1 Å². The molecule has 0 aliphatic heterocycles. The molecule has 0 aliphatic rings. The van der Waals surface area contributed by atoms with Crippen LogP contribution in [0, 0.1) is 5.92 Å². The van der Waals surface area contributed by atoms with Crippen molar-refractivity contribution in [3.8, 4) is 0 Å². The highest BCUT2D eigenvalue weighted by molar-refractivity contribution is 5.53. The van der Waals surface area contributed by atoms with Crippen LogP contribution in [0.1, 0.15) is 26.3 Å². The Bertz CT molecular complexity index is 504. The molecule has 0 aliphatic carbocycles. The molecule has 104 valence electrons. The average molecular weight is 260 g/mol. The molecule has 4 nitrogen and oxygen atoms in total. The van der Waals surface area contributed by atoms with Crippen LogP contribution >= 0.6 is 0 Å². The highest BCUT2D eigenvalue weighted by Crippen LogP contribution is 2.09. The predicted octanol–water partition coefficient (Wildman–Crippen LogP) is 2.06. The van der Waals surface area contributed by atoms with Crippen LogP contribution in [0.15, 0.2) is 30.6 Å². The number of nitrogens with one attached hydrogen (secondary N) is 2. The van der Waals surface area contributed by atoms with Crippen LogP contribution in [-0.4, -0.2) is 28.7 Å². The van der Waals surface area contributed by atoms with Gasteiger partial charge in [-0.15, -0.1) is 0 Å². The van der Waals surface area contributed by atoms with Gasteiger partial charge in [0.1, 0.15) is 0 Å². The van der Waals surface area contributed by atoms with Crippen LogP contribution in [0.3, 0.4) is 0 Å². The van der Waals surface area contributed by atoms with Gasteiger partial charge >= 0.3 is 0 Å². The van der Waals surface area contributed by atoms with E-state index in [4.69, 9.17) is 0 Å². The standard InChI is InChI=1S/C15H24N4/c1-12(2)8-16-9-13(3)17-10-14-11-18-19-7-5-4-6-15(14)19/h4-7,11-13,16-17H,8-10H2,1-3H3. The lowest BCUT2D eigenvalue weighted by atomic mass is 10.2. The second kappa shape index (κ2) is 6.68. The Kier molecular flexibility index (Phi) is 4.93. The van der Waals surface area contributed by atoms with Crippen molar-refractivity contribution in [3.63, 3.8) is 0 Å². The average Bonchev–Trinajstić information content (AvgIpc) is 2.79. The van der Waals surface area contributed by atoms with E-state index in [1.165, 1.54) is 11.1 Å². The zero-order valence-electron chi connectivity index (χ0n) is 12.1. The Morgan fingerprint density at radius 2 is 2.05 bits per heavy atom. The number of hydrogen-bond donors (Lipinski definition) is 2. The molecular weight excluding hydrogens is 236 g/mol. The van der Waals surface area contributed by atoms with E-state index in [2.05, 4.69) is 42.6 Å². The van der Waals surface area contributed by atoms with Crippen LogP contribution < -0.4 is 10.6 Å². The van der Waals surface area contributed by atoms with Gasteiger partial charge in [-0.1, -0.05) is 19.9 Å². The molecule has 0 spiro atoms. The smallest absolute Gasteiger partial charge is 0.0706 e. The van der Waals surface area contributed by atoms with Crippen LogP contribution in [-0.2, 0) is 6.54 Å². The molecule has 1 unspecified atom stereocenters. The van der Waals surface area contributed by atoms with Crippen molar-refractivity contribution in [1.82, 2.24) is 20.2 Å². The van der Waals surface area contributed by atoms with Crippen molar-refractivity contribution >= 4 is 5.52 Å². The maximum atomic E-state index is 4.34. The summed E-state index contributed by atoms with van der Waals surface area (Å²) in [6.45, 7) is 9.59. The van der Waals surface area contributed by atoms with Gasteiger partial charge < -0.3 is 10.6 Å². The summed E-state index contributed by atoms with van der Waals surface area (Å²) < 4.78 is 1.92. The Balaban J connectivity index is 1.81. The van der Waals surface area contributed by atoms with Crippen molar-refractivity contribution in [3.05, 3.63) is 36.2 Å². The lowest BCUT2D eigenvalue weighted by Crippen LogP contribution is -2.37. The molecule has 4 heteroatoms. The van der Waals surface area contributed by atoms with Gasteiger partial charge in [0, 0.05) is 30.9 Å². The van der Waals surface area contributed by atoms with Gasteiger partial charge in [0.05, 0.1) is 11.7 Å². The summed E-state index contributed by atoms with van der Waals surface area (Å²) in [5.74, 6) is 0.701. The first-order valence-corrected chi connectivity index (χ1v) is 7.02. The predicted molar refractivity (Wildman–Crippen MR) is 79.2 cm³/mol. The number of aromatic nitrogens is 2. The zero-order chi connectivity index (χ0) is 13.7. The van der Waals surface area contributed by atoms with E-state index in [0.717, 1.165) is 19.6 Å². The van der Waals surface area contributed by atoms with Crippen LogP contribution in [0.2, 0.25) is 0 Å².